The topological polar surface area (TPSA) is 66.5 Å². The maximum atomic E-state index is 13.6. The van der Waals surface area contributed by atoms with Crippen LogP contribution in [0, 0.1) is 19.8 Å². The van der Waals surface area contributed by atoms with E-state index in [0.29, 0.717) is 11.6 Å². The van der Waals surface area contributed by atoms with E-state index >= 15 is 0 Å². The highest BCUT2D eigenvalue weighted by molar-refractivity contribution is 7.92. The molecular formula is C27H32N2O3S. The van der Waals surface area contributed by atoms with Gasteiger partial charge in [-0.3, -0.25) is 9.10 Å². The molecule has 1 N–H and O–H groups in total. The predicted molar refractivity (Wildman–Crippen MR) is 134 cm³/mol. The Balaban J connectivity index is 1.95. The summed E-state index contributed by atoms with van der Waals surface area (Å²) < 4.78 is 28.4. The van der Waals surface area contributed by atoms with Crippen LogP contribution in [0.5, 0.6) is 0 Å². The molecule has 0 bridgehead atoms. The Kier molecular flexibility index (Phi) is 7.92. The Morgan fingerprint density at radius 1 is 0.909 bits per heavy atom. The molecule has 0 aliphatic rings. The van der Waals surface area contributed by atoms with E-state index in [-0.39, 0.29) is 23.4 Å². The zero-order chi connectivity index (χ0) is 24.0. The third-order valence-electron chi connectivity index (χ3n) is 5.48. The fraction of sp³-hybridized carbons (Fsp3) is 0.296. The van der Waals surface area contributed by atoms with Crippen LogP contribution in [0.2, 0.25) is 0 Å². The number of carbonyl (C=O) groups is 1. The summed E-state index contributed by atoms with van der Waals surface area (Å²) in [6, 6.07) is 23.4. The highest BCUT2D eigenvalue weighted by Gasteiger charge is 2.29. The van der Waals surface area contributed by atoms with Crippen LogP contribution in [0.1, 0.15) is 43.0 Å². The minimum atomic E-state index is -3.94. The van der Waals surface area contributed by atoms with Gasteiger partial charge in [0.15, 0.2) is 0 Å². The second-order valence-electron chi connectivity index (χ2n) is 8.78. The summed E-state index contributed by atoms with van der Waals surface area (Å²) in [7, 11) is -3.94. The van der Waals surface area contributed by atoms with E-state index < -0.39 is 10.0 Å². The second-order valence-corrected chi connectivity index (χ2v) is 10.6. The first kappa shape index (κ1) is 24.5. The van der Waals surface area contributed by atoms with Crippen LogP contribution in [-0.4, -0.2) is 20.9 Å². The molecule has 1 amide bonds. The number of hydrogen-bond donors (Lipinski definition) is 1. The van der Waals surface area contributed by atoms with Crippen molar-refractivity contribution in [2.24, 2.45) is 5.92 Å². The SMILES string of the molecule is Cc1ccc(N(CC(=O)N[C@@H](CC(C)C)c2ccccc2)S(=O)(=O)c2ccccc2)c(C)c1. The third kappa shape index (κ3) is 6.23. The van der Waals surface area contributed by atoms with Crippen molar-refractivity contribution in [1.82, 2.24) is 5.32 Å². The second kappa shape index (κ2) is 10.7. The number of benzene rings is 3. The first-order valence-corrected chi connectivity index (χ1v) is 12.6. The molecule has 0 aliphatic heterocycles. The van der Waals surface area contributed by atoms with Gasteiger partial charge in [-0.1, -0.05) is 80.1 Å². The predicted octanol–water partition coefficient (Wildman–Crippen LogP) is 5.40. The van der Waals surface area contributed by atoms with Crippen molar-refractivity contribution in [3.63, 3.8) is 0 Å². The lowest BCUT2D eigenvalue weighted by molar-refractivity contribution is -0.120. The number of sulfonamides is 1. The van der Waals surface area contributed by atoms with Gasteiger partial charge in [0, 0.05) is 0 Å². The van der Waals surface area contributed by atoms with E-state index in [1.165, 1.54) is 4.31 Å². The van der Waals surface area contributed by atoms with Crippen LogP contribution in [0.15, 0.2) is 83.8 Å². The van der Waals surface area contributed by atoms with E-state index in [9.17, 15) is 13.2 Å². The fourth-order valence-corrected chi connectivity index (χ4v) is 5.42. The molecule has 0 fully saturated rings. The molecule has 6 heteroatoms. The summed E-state index contributed by atoms with van der Waals surface area (Å²) in [6.07, 6.45) is 0.755. The minimum Gasteiger partial charge on any atom is -0.348 e. The van der Waals surface area contributed by atoms with Gasteiger partial charge in [0.05, 0.1) is 16.6 Å². The van der Waals surface area contributed by atoms with Crippen LogP contribution in [0.25, 0.3) is 0 Å². The van der Waals surface area contributed by atoms with Gasteiger partial charge in [0.2, 0.25) is 5.91 Å². The van der Waals surface area contributed by atoms with Gasteiger partial charge in [0.25, 0.3) is 10.0 Å². The Morgan fingerprint density at radius 3 is 2.09 bits per heavy atom. The van der Waals surface area contributed by atoms with Crippen LogP contribution in [0.3, 0.4) is 0 Å². The summed E-state index contributed by atoms with van der Waals surface area (Å²) in [6.45, 7) is 7.71. The number of rotatable bonds is 9. The number of carbonyl (C=O) groups excluding carboxylic acids is 1. The molecular weight excluding hydrogens is 432 g/mol. The van der Waals surface area contributed by atoms with Gasteiger partial charge in [0.1, 0.15) is 6.54 Å². The average Bonchev–Trinajstić information content (AvgIpc) is 2.78. The molecule has 174 valence electrons. The monoisotopic (exact) mass is 464 g/mol. The van der Waals surface area contributed by atoms with Gasteiger partial charge in [-0.25, -0.2) is 8.42 Å². The molecule has 0 heterocycles. The lowest BCUT2D eigenvalue weighted by Crippen LogP contribution is -2.42. The lowest BCUT2D eigenvalue weighted by atomic mass is 9.97. The normalized spacial score (nSPS) is 12.4. The number of nitrogens with one attached hydrogen (secondary N) is 1. The standard InChI is InChI=1S/C27H32N2O3S/c1-20(2)17-25(23-11-7-5-8-12-23)28-27(30)19-29(26-16-15-21(3)18-22(26)4)33(31,32)24-13-9-6-10-14-24/h5-16,18,20,25H,17,19H2,1-4H3,(H,28,30)/t25-/m0/s1. The van der Waals surface area contributed by atoms with Gasteiger partial charge in [-0.15, -0.1) is 0 Å². The molecule has 0 aliphatic carbocycles. The maximum Gasteiger partial charge on any atom is 0.264 e. The molecule has 0 spiro atoms. The van der Waals surface area contributed by atoms with E-state index in [4.69, 9.17) is 0 Å². The Hall–Kier alpha value is -3.12. The van der Waals surface area contributed by atoms with Crippen molar-refractivity contribution in [1.29, 1.82) is 0 Å². The zero-order valence-electron chi connectivity index (χ0n) is 19.7. The number of anilines is 1. The molecule has 0 aromatic heterocycles. The lowest BCUT2D eigenvalue weighted by Gasteiger charge is -2.27. The van der Waals surface area contributed by atoms with Crippen LogP contribution < -0.4 is 9.62 Å². The Bertz CT molecular complexity index is 1180. The molecule has 0 saturated heterocycles. The molecule has 1 atom stereocenters. The van der Waals surface area contributed by atoms with E-state index in [1.807, 2.05) is 56.3 Å². The molecule has 3 aromatic rings. The van der Waals surface area contributed by atoms with Gasteiger partial charge >= 0.3 is 0 Å². The molecule has 0 radical (unpaired) electrons. The zero-order valence-corrected chi connectivity index (χ0v) is 20.5. The third-order valence-corrected chi connectivity index (χ3v) is 7.26. The highest BCUT2D eigenvalue weighted by atomic mass is 32.2. The number of hydrogen-bond acceptors (Lipinski definition) is 3. The summed E-state index contributed by atoms with van der Waals surface area (Å²) >= 11 is 0. The van der Waals surface area contributed by atoms with Crippen molar-refractivity contribution in [2.45, 2.75) is 45.1 Å². The molecule has 5 nitrogen and oxygen atoms in total. The minimum absolute atomic E-state index is 0.152. The number of nitrogens with zero attached hydrogens (tertiary/aromatic N) is 1. The summed E-state index contributed by atoms with van der Waals surface area (Å²) in [4.78, 5) is 13.4. The van der Waals surface area contributed by atoms with E-state index in [0.717, 1.165) is 23.1 Å². The number of amides is 1. The summed E-state index contributed by atoms with van der Waals surface area (Å²) in [5, 5.41) is 3.07. The highest BCUT2D eigenvalue weighted by Crippen LogP contribution is 2.28. The Morgan fingerprint density at radius 2 is 1.52 bits per heavy atom. The molecule has 3 aromatic carbocycles. The van der Waals surface area contributed by atoms with E-state index in [1.54, 1.807) is 36.4 Å². The van der Waals surface area contributed by atoms with Crippen molar-refractivity contribution in [2.75, 3.05) is 10.8 Å². The summed E-state index contributed by atoms with van der Waals surface area (Å²) in [5.41, 5.74) is 3.33. The average molecular weight is 465 g/mol. The first-order valence-electron chi connectivity index (χ1n) is 11.2. The van der Waals surface area contributed by atoms with Gasteiger partial charge in [-0.2, -0.15) is 0 Å². The van der Waals surface area contributed by atoms with Gasteiger partial charge in [-0.05, 0) is 55.5 Å². The maximum absolute atomic E-state index is 13.6. The largest absolute Gasteiger partial charge is 0.348 e. The molecule has 33 heavy (non-hydrogen) atoms. The van der Waals surface area contributed by atoms with Gasteiger partial charge < -0.3 is 5.32 Å². The molecule has 0 unspecified atom stereocenters. The quantitative estimate of drug-likeness (QED) is 0.461. The van der Waals surface area contributed by atoms with Crippen LogP contribution >= 0.6 is 0 Å². The summed E-state index contributed by atoms with van der Waals surface area (Å²) in [5.74, 6) is 0.0167. The Labute approximate surface area is 197 Å². The van der Waals surface area contributed by atoms with Crippen LogP contribution in [-0.2, 0) is 14.8 Å². The number of aryl methyl sites for hydroxylation is 2. The van der Waals surface area contributed by atoms with Crippen molar-refractivity contribution < 1.29 is 13.2 Å². The smallest absolute Gasteiger partial charge is 0.264 e. The van der Waals surface area contributed by atoms with Crippen LogP contribution in [0.4, 0.5) is 5.69 Å². The van der Waals surface area contributed by atoms with Crippen molar-refractivity contribution in [3.05, 3.63) is 95.6 Å². The molecule has 0 saturated carbocycles. The van der Waals surface area contributed by atoms with Crippen molar-refractivity contribution >= 4 is 21.6 Å². The van der Waals surface area contributed by atoms with E-state index in [2.05, 4.69) is 19.2 Å². The fourth-order valence-electron chi connectivity index (χ4n) is 3.91. The van der Waals surface area contributed by atoms with Crippen molar-refractivity contribution in [3.8, 4) is 0 Å². The first-order chi connectivity index (χ1) is 15.7. The molecule has 3 rings (SSSR count).